The molecule has 1 unspecified atom stereocenters. The van der Waals surface area contributed by atoms with Crippen molar-refractivity contribution in [2.75, 3.05) is 19.0 Å². The summed E-state index contributed by atoms with van der Waals surface area (Å²) in [7, 11) is 1.52. The van der Waals surface area contributed by atoms with Crippen LogP contribution in [0.5, 0.6) is 0 Å². The number of likely N-dealkylation sites (tertiary alicyclic amines) is 1. The number of carboxylic acids is 1. The number of carbonyl (C=O) groups excluding carboxylic acids is 2. The zero-order chi connectivity index (χ0) is 16.1. The van der Waals surface area contributed by atoms with E-state index in [0.717, 1.165) is 6.42 Å². The Kier molecular flexibility index (Phi) is 4.82. The van der Waals surface area contributed by atoms with Crippen molar-refractivity contribution in [2.24, 2.45) is 0 Å². The first-order chi connectivity index (χ1) is 10.5. The molecule has 22 heavy (non-hydrogen) atoms. The average molecular weight is 306 g/mol. The van der Waals surface area contributed by atoms with E-state index in [0.29, 0.717) is 18.7 Å². The molecular formula is C14H18N4O4. The van der Waals surface area contributed by atoms with Crippen LogP contribution in [0.2, 0.25) is 0 Å². The van der Waals surface area contributed by atoms with Gasteiger partial charge in [0.1, 0.15) is 6.04 Å². The molecule has 0 spiro atoms. The molecule has 1 aliphatic rings. The second kappa shape index (κ2) is 6.79. The zero-order valence-electron chi connectivity index (χ0n) is 12.1. The zero-order valence-corrected chi connectivity index (χ0v) is 12.1. The third-order valence-corrected chi connectivity index (χ3v) is 3.47. The van der Waals surface area contributed by atoms with Crippen molar-refractivity contribution in [2.45, 2.75) is 18.9 Å². The predicted molar refractivity (Wildman–Crippen MR) is 79.4 cm³/mol. The van der Waals surface area contributed by atoms with Crippen LogP contribution in [-0.4, -0.2) is 47.5 Å². The monoisotopic (exact) mass is 306 g/mol. The number of rotatable bonds is 4. The Labute approximate surface area is 127 Å². The van der Waals surface area contributed by atoms with E-state index >= 15 is 0 Å². The van der Waals surface area contributed by atoms with Gasteiger partial charge in [0.15, 0.2) is 0 Å². The fourth-order valence-corrected chi connectivity index (χ4v) is 2.37. The van der Waals surface area contributed by atoms with Crippen LogP contribution in [0.1, 0.15) is 23.2 Å². The number of amides is 3. The van der Waals surface area contributed by atoms with Gasteiger partial charge in [-0.25, -0.2) is 9.59 Å². The van der Waals surface area contributed by atoms with Gasteiger partial charge in [-0.05, 0) is 31.0 Å². The molecule has 118 valence electrons. The third kappa shape index (κ3) is 3.46. The topological polar surface area (TPSA) is 111 Å². The Morgan fingerprint density at radius 1 is 1.32 bits per heavy atom. The molecule has 4 N–H and O–H groups in total. The first kappa shape index (κ1) is 15.6. The number of urea groups is 1. The quantitative estimate of drug-likeness (QED) is 0.610. The molecule has 1 aromatic carbocycles. The first-order valence-electron chi connectivity index (χ1n) is 6.90. The van der Waals surface area contributed by atoms with Crippen LogP contribution in [0.25, 0.3) is 0 Å². The summed E-state index contributed by atoms with van der Waals surface area (Å²) in [6, 6.07) is 5.26. The molecule has 8 nitrogen and oxygen atoms in total. The van der Waals surface area contributed by atoms with Crippen LogP contribution in [0.15, 0.2) is 24.3 Å². The highest BCUT2D eigenvalue weighted by Gasteiger charge is 2.33. The molecule has 0 saturated carbocycles. The summed E-state index contributed by atoms with van der Waals surface area (Å²) in [5.74, 6) is -1.38. The van der Waals surface area contributed by atoms with Gasteiger partial charge in [-0.15, -0.1) is 0 Å². The van der Waals surface area contributed by atoms with Crippen molar-refractivity contribution >= 4 is 23.6 Å². The lowest BCUT2D eigenvalue weighted by Crippen LogP contribution is -2.49. The van der Waals surface area contributed by atoms with Gasteiger partial charge in [0.25, 0.3) is 5.91 Å². The van der Waals surface area contributed by atoms with E-state index in [2.05, 4.69) is 16.2 Å². The number of hydrogen-bond donors (Lipinski definition) is 4. The number of anilines is 1. The van der Waals surface area contributed by atoms with Crippen molar-refractivity contribution in [3.8, 4) is 0 Å². The highest BCUT2D eigenvalue weighted by Crippen LogP contribution is 2.17. The molecule has 1 aliphatic heterocycles. The highest BCUT2D eigenvalue weighted by atomic mass is 16.4. The van der Waals surface area contributed by atoms with Gasteiger partial charge in [-0.3, -0.25) is 15.6 Å². The van der Waals surface area contributed by atoms with E-state index < -0.39 is 12.0 Å². The summed E-state index contributed by atoms with van der Waals surface area (Å²) < 4.78 is 0. The maximum atomic E-state index is 12.2. The molecule has 1 atom stereocenters. The Bertz CT molecular complexity index is 590. The van der Waals surface area contributed by atoms with Crippen molar-refractivity contribution in [1.29, 1.82) is 0 Å². The Hall–Kier alpha value is -2.77. The molecule has 2 rings (SSSR count). The lowest BCUT2D eigenvalue weighted by molar-refractivity contribution is -0.124. The Morgan fingerprint density at radius 3 is 2.77 bits per heavy atom. The number of hydrazine groups is 1. The molecule has 1 saturated heterocycles. The molecule has 0 aromatic heterocycles. The fourth-order valence-electron chi connectivity index (χ4n) is 2.37. The summed E-state index contributed by atoms with van der Waals surface area (Å²) in [4.78, 5) is 36.2. The molecule has 3 amide bonds. The minimum Gasteiger partial charge on any atom is -0.478 e. The Balaban J connectivity index is 1.96. The lowest BCUT2D eigenvalue weighted by Gasteiger charge is -2.23. The number of carbonyl (C=O) groups is 3. The lowest BCUT2D eigenvalue weighted by atomic mass is 10.2. The Morgan fingerprint density at radius 2 is 2.09 bits per heavy atom. The molecule has 0 bridgehead atoms. The number of benzene rings is 1. The normalized spacial score (nSPS) is 17.0. The summed E-state index contributed by atoms with van der Waals surface area (Å²) in [5.41, 5.74) is 5.76. The smallest absolute Gasteiger partial charge is 0.335 e. The van der Waals surface area contributed by atoms with Crippen LogP contribution in [-0.2, 0) is 4.79 Å². The van der Waals surface area contributed by atoms with Gasteiger partial charge in [-0.2, -0.15) is 0 Å². The molecule has 1 heterocycles. The van der Waals surface area contributed by atoms with Gasteiger partial charge in [0.05, 0.1) is 11.3 Å². The summed E-state index contributed by atoms with van der Waals surface area (Å²) >= 11 is 0. The van der Waals surface area contributed by atoms with E-state index in [9.17, 15) is 14.4 Å². The summed E-state index contributed by atoms with van der Waals surface area (Å²) in [6.07, 6.45) is 1.36. The van der Waals surface area contributed by atoms with Crippen LogP contribution in [0, 0.1) is 0 Å². The highest BCUT2D eigenvalue weighted by molar-refractivity contribution is 5.90. The van der Waals surface area contributed by atoms with Crippen molar-refractivity contribution < 1.29 is 19.5 Å². The van der Waals surface area contributed by atoms with Crippen molar-refractivity contribution in [3.63, 3.8) is 0 Å². The molecule has 1 aromatic rings. The van der Waals surface area contributed by atoms with Crippen molar-refractivity contribution in [3.05, 3.63) is 29.8 Å². The number of nitrogens with one attached hydrogen (secondary N) is 3. The van der Waals surface area contributed by atoms with E-state index in [1.54, 1.807) is 12.1 Å². The molecule has 1 fully saturated rings. The largest absolute Gasteiger partial charge is 0.478 e. The van der Waals surface area contributed by atoms with Crippen LogP contribution in [0.3, 0.4) is 0 Å². The third-order valence-electron chi connectivity index (χ3n) is 3.47. The van der Waals surface area contributed by atoms with Gasteiger partial charge < -0.3 is 15.3 Å². The predicted octanol–water partition coefficient (Wildman–Crippen LogP) is 0.632. The van der Waals surface area contributed by atoms with Crippen LogP contribution in [0.4, 0.5) is 10.5 Å². The summed E-state index contributed by atoms with van der Waals surface area (Å²) in [5, 5.41) is 11.4. The van der Waals surface area contributed by atoms with Gasteiger partial charge in [0.2, 0.25) is 0 Å². The molecule has 8 heteroatoms. The first-order valence-corrected chi connectivity index (χ1v) is 6.90. The van der Waals surface area contributed by atoms with Crippen molar-refractivity contribution in [1.82, 2.24) is 15.6 Å². The second-order valence-corrected chi connectivity index (χ2v) is 4.91. The van der Waals surface area contributed by atoms with E-state index in [1.165, 1.54) is 24.1 Å². The van der Waals surface area contributed by atoms with Gasteiger partial charge in [0, 0.05) is 13.6 Å². The van der Waals surface area contributed by atoms with Crippen LogP contribution < -0.4 is 16.2 Å². The van der Waals surface area contributed by atoms with E-state index in [4.69, 9.17) is 5.11 Å². The fraction of sp³-hybridized carbons (Fsp3) is 0.357. The minimum absolute atomic E-state index is 0.118. The number of carboxylic acid groups (broad SMARTS) is 1. The van der Waals surface area contributed by atoms with E-state index in [-0.39, 0.29) is 17.5 Å². The minimum atomic E-state index is -1.04. The number of nitrogens with zero attached hydrogens (tertiary/aromatic N) is 1. The second-order valence-electron chi connectivity index (χ2n) is 4.91. The maximum absolute atomic E-state index is 12.2. The van der Waals surface area contributed by atoms with Gasteiger partial charge >= 0.3 is 12.0 Å². The number of aromatic carboxylic acids is 1. The number of hydrogen-bond acceptors (Lipinski definition) is 4. The van der Waals surface area contributed by atoms with E-state index in [1.807, 2.05) is 0 Å². The maximum Gasteiger partial charge on any atom is 0.335 e. The molecule has 0 aliphatic carbocycles. The van der Waals surface area contributed by atoms with Crippen LogP contribution >= 0.6 is 0 Å². The van der Waals surface area contributed by atoms with Gasteiger partial charge in [-0.1, -0.05) is 6.07 Å². The average Bonchev–Trinajstić information content (AvgIpc) is 3.01. The molecule has 0 radical (unpaired) electrons. The summed E-state index contributed by atoms with van der Waals surface area (Å²) in [6.45, 7) is 0.534. The SMILES string of the molecule is CNC(=O)N1CCCC1C(=O)NNc1cccc(C(=O)O)c1. The standard InChI is InChI=1S/C14H18N4O4/c1-15-14(22)18-7-3-6-11(18)12(19)17-16-10-5-2-4-9(8-10)13(20)21/h2,4-5,8,11,16H,3,6-7H2,1H3,(H,15,22)(H,17,19)(H,20,21). The molecular weight excluding hydrogens is 288 g/mol.